The first-order valence-corrected chi connectivity index (χ1v) is 8.68. The van der Waals surface area contributed by atoms with Crippen molar-refractivity contribution in [2.75, 3.05) is 0 Å². The summed E-state index contributed by atoms with van der Waals surface area (Å²) in [5.41, 5.74) is 0.0933. The zero-order chi connectivity index (χ0) is 17.7. The van der Waals surface area contributed by atoms with E-state index in [0.29, 0.717) is 18.4 Å². The van der Waals surface area contributed by atoms with E-state index < -0.39 is 11.0 Å². The van der Waals surface area contributed by atoms with E-state index >= 15 is 0 Å². The van der Waals surface area contributed by atoms with Gasteiger partial charge in [-0.2, -0.15) is 0 Å². The molecule has 1 saturated carbocycles. The van der Waals surface area contributed by atoms with Crippen molar-refractivity contribution in [2.24, 2.45) is 5.92 Å². The highest BCUT2D eigenvalue weighted by molar-refractivity contribution is 5.83. The van der Waals surface area contributed by atoms with Crippen molar-refractivity contribution in [3.8, 4) is 11.5 Å². The van der Waals surface area contributed by atoms with Crippen molar-refractivity contribution in [2.45, 2.75) is 70.5 Å². The molecule has 1 aliphatic heterocycles. The Morgan fingerprint density at radius 2 is 2.04 bits per heavy atom. The number of hydrogen-bond acceptors (Lipinski definition) is 5. The minimum Gasteiger partial charge on any atom is -0.504 e. The van der Waals surface area contributed by atoms with Gasteiger partial charge in [0.05, 0.1) is 0 Å². The van der Waals surface area contributed by atoms with Crippen LogP contribution in [0, 0.1) is 12.8 Å². The normalized spacial score (nSPS) is 32.5. The Bertz CT molecular complexity index is 668. The number of phenolic OH excluding ortho intramolecular Hbond substituents is 2. The Labute approximate surface area is 142 Å². The molecule has 2 fully saturated rings. The van der Waals surface area contributed by atoms with Crippen molar-refractivity contribution >= 4 is 5.78 Å². The lowest BCUT2D eigenvalue weighted by Gasteiger charge is -2.62. The van der Waals surface area contributed by atoms with Crippen LogP contribution in [0.1, 0.15) is 57.6 Å². The molecule has 3 rings (SSSR count). The third kappa shape index (κ3) is 2.04. The maximum atomic E-state index is 12.5. The number of rotatable bonds is 4. The first-order chi connectivity index (χ1) is 11.3. The molecule has 0 aromatic heterocycles. The van der Waals surface area contributed by atoms with Crippen LogP contribution in [0.5, 0.6) is 11.5 Å². The smallest absolute Gasteiger partial charge is 0.161 e. The lowest BCUT2D eigenvalue weighted by molar-refractivity contribution is -0.538. The highest BCUT2D eigenvalue weighted by Crippen LogP contribution is 2.61. The van der Waals surface area contributed by atoms with Crippen LogP contribution in [0.3, 0.4) is 0 Å². The van der Waals surface area contributed by atoms with Gasteiger partial charge < -0.3 is 10.2 Å². The van der Waals surface area contributed by atoms with Gasteiger partial charge >= 0.3 is 0 Å². The zero-order valence-electron chi connectivity index (χ0n) is 14.8. The quantitative estimate of drug-likeness (QED) is 0.651. The van der Waals surface area contributed by atoms with Crippen LogP contribution in [0.4, 0.5) is 0 Å². The van der Waals surface area contributed by atoms with Gasteiger partial charge in [-0.1, -0.05) is 33.3 Å². The zero-order valence-corrected chi connectivity index (χ0v) is 14.8. The lowest BCUT2D eigenvalue weighted by atomic mass is 9.51. The predicted molar refractivity (Wildman–Crippen MR) is 88.9 cm³/mol. The highest BCUT2D eigenvalue weighted by Gasteiger charge is 2.70. The van der Waals surface area contributed by atoms with Gasteiger partial charge in [0.2, 0.25) is 0 Å². The van der Waals surface area contributed by atoms with E-state index in [9.17, 15) is 15.0 Å². The molecule has 5 heteroatoms. The summed E-state index contributed by atoms with van der Waals surface area (Å²) in [4.78, 5) is 23.6. The molecule has 1 aliphatic carbocycles. The Morgan fingerprint density at radius 3 is 2.58 bits per heavy atom. The summed E-state index contributed by atoms with van der Waals surface area (Å²) in [7, 11) is 0. The number of aryl methyl sites for hydroxylation is 1. The Morgan fingerprint density at radius 1 is 1.33 bits per heavy atom. The second-order valence-electron chi connectivity index (χ2n) is 7.49. The second kappa shape index (κ2) is 5.74. The van der Waals surface area contributed by atoms with Crippen LogP contribution >= 0.6 is 0 Å². The molecule has 1 aromatic carbocycles. The predicted octanol–water partition coefficient (Wildman–Crippen LogP) is 3.53. The molecule has 1 heterocycles. The molecule has 2 N–H and O–H groups in total. The largest absolute Gasteiger partial charge is 0.504 e. The topological polar surface area (TPSA) is 76.0 Å². The van der Waals surface area contributed by atoms with Crippen LogP contribution in [0.2, 0.25) is 0 Å². The molecule has 24 heavy (non-hydrogen) atoms. The minimum absolute atomic E-state index is 0.0945. The number of benzene rings is 1. The Kier molecular flexibility index (Phi) is 4.12. The fourth-order valence-corrected chi connectivity index (χ4v) is 4.97. The minimum atomic E-state index is -0.707. The SMILES string of the molecule is CCCC1(c2c(C)ccc(O)c2O)CC(=O)CC2OOC21C(C)C. The average molecular weight is 334 g/mol. The van der Waals surface area contributed by atoms with Crippen LogP contribution in [-0.2, 0) is 20.0 Å². The summed E-state index contributed by atoms with van der Waals surface area (Å²) < 4.78 is 0. The summed E-state index contributed by atoms with van der Waals surface area (Å²) >= 11 is 0. The van der Waals surface area contributed by atoms with Gasteiger partial charge in [0.1, 0.15) is 17.5 Å². The molecule has 0 amide bonds. The third-order valence-corrected chi connectivity index (χ3v) is 5.82. The first-order valence-electron chi connectivity index (χ1n) is 8.68. The third-order valence-electron chi connectivity index (χ3n) is 5.82. The summed E-state index contributed by atoms with van der Waals surface area (Å²) in [6, 6.07) is 3.26. The molecule has 0 bridgehead atoms. The molecule has 1 saturated heterocycles. The van der Waals surface area contributed by atoms with Crippen LogP contribution in [-0.4, -0.2) is 27.7 Å². The van der Waals surface area contributed by atoms with Crippen molar-refractivity contribution in [3.05, 3.63) is 23.3 Å². The average Bonchev–Trinajstić information content (AvgIpc) is 2.47. The van der Waals surface area contributed by atoms with Crippen molar-refractivity contribution < 1.29 is 24.8 Å². The summed E-state index contributed by atoms with van der Waals surface area (Å²) in [5.74, 6) is -0.112. The number of Topliss-reactive ketones (excluding diaryl/α,β-unsaturated/α-hetero) is 1. The van der Waals surface area contributed by atoms with Gasteiger partial charge in [-0.15, -0.1) is 0 Å². The summed E-state index contributed by atoms with van der Waals surface area (Å²) in [6.07, 6.45) is 1.81. The summed E-state index contributed by atoms with van der Waals surface area (Å²) in [6.45, 7) is 8.07. The van der Waals surface area contributed by atoms with Crippen molar-refractivity contribution in [3.63, 3.8) is 0 Å². The van der Waals surface area contributed by atoms with Gasteiger partial charge in [-0.3, -0.25) is 4.79 Å². The summed E-state index contributed by atoms with van der Waals surface area (Å²) in [5, 5.41) is 20.8. The van der Waals surface area contributed by atoms with Crippen molar-refractivity contribution in [1.29, 1.82) is 0 Å². The fourth-order valence-electron chi connectivity index (χ4n) is 4.97. The van der Waals surface area contributed by atoms with E-state index in [1.54, 1.807) is 6.07 Å². The number of ketones is 1. The maximum Gasteiger partial charge on any atom is 0.161 e. The molecular weight excluding hydrogens is 308 g/mol. The number of carbonyl (C=O) groups excluding carboxylic acids is 1. The van der Waals surface area contributed by atoms with E-state index in [-0.39, 0.29) is 35.7 Å². The van der Waals surface area contributed by atoms with E-state index in [2.05, 4.69) is 20.8 Å². The van der Waals surface area contributed by atoms with Crippen molar-refractivity contribution in [1.82, 2.24) is 0 Å². The van der Waals surface area contributed by atoms with Gasteiger partial charge in [-0.05, 0) is 30.9 Å². The molecule has 5 nitrogen and oxygen atoms in total. The molecular formula is C19H26O5. The van der Waals surface area contributed by atoms with Gasteiger partial charge in [-0.25, -0.2) is 9.78 Å². The van der Waals surface area contributed by atoms with Crippen LogP contribution < -0.4 is 0 Å². The van der Waals surface area contributed by atoms with E-state index in [1.165, 1.54) is 6.07 Å². The van der Waals surface area contributed by atoms with Crippen LogP contribution in [0.25, 0.3) is 0 Å². The first kappa shape index (κ1) is 17.2. The molecule has 132 valence electrons. The van der Waals surface area contributed by atoms with E-state index in [1.807, 2.05) is 6.92 Å². The van der Waals surface area contributed by atoms with Gasteiger partial charge in [0.15, 0.2) is 11.5 Å². The second-order valence-corrected chi connectivity index (χ2v) is 7.49. The molecule has 0 radical (unpaired) electrons. The molecule has 1 aromatic rings. The van der Waals surface area contributed by atoms with Gasteiger partial charge in [0.25, 0.3) is 0 Å². The monoisotopic (exact) mass is 334 g/mol. The number of aromatic hydroxyl groups is 2. The lowest BCUT2D eigenvalue weighted by Crippen LogP contribution is -2.74. The van der Waals surface area contributed by atoms with Crippen LogP contribution in [0.15, 0.2) is 12.1 Å². The molecule has 0 spiro atoms. The Balaban J connectivity index is 2.31. The number of phenols is 2. The standard InChI is InChI=1S/C19H26O5/c1-5-8-18(16-12(4)6-7-14(21)17(16)22)10-13(20)9-15-19(18,11(2)3)24-23-15/h6-7,11,15,21-22H,5,8-10H2,1-4H3. The molecule has 2 aliphatic rings. The maximum absolute atomic E-state index is 12.5. The number of hydrogen-bond donors (Lipinski definition) is 2. The highest BCUT2D eigenvalue weighted by atomic mass is 17.3. The number of fused-ring (bicyclic) bond motifs is 1. The fraction of sp³-hybridized carbons (Fsp3) is 0.632. The Hall–Kier alpha value is -1.59. The van der Waals surface area contributed by atoms with E-state index in [4.69, 9.17) is 9.78 Å². The molecule has 3 unspecified atom stereocenters. The molecule has 3 atom stereocenters. The van der Waals surface area contributed by atoms with Gasteiger partial charge in [0, 0.05) is 23.8 Å². The number of carbonyl (C=O) groups is 1. The van der Waals surface area contributed by atoms with E-state index in [0.717, 1.165) is 12.0 Å².